The summed E-state index contributed by atoms with van der Waals surface area (Å²) in [5.74, 6) is 7.68. The standard InChI is InChI=1S/C21H19ClN4/c22-18-3-1-2-16(12-18)4-6-19-7-8-20-15-25(10-11-26(19)20)21-9-5-17(13-23)14-24-21/h1-3,5,9,12,14,19-20H,7-8,10-11,15H2/t19-,20+/m1/s1. The highest BCUT2D eigenvalue weighted by atomic mass is 35.5. The smallest absolute Gasteiger partial charge is 0.128 e. The van der Waals surface area contributed by atoms with Crippen LogP contribution in [0.25, 0.3) is 0 Å². The molecule has 4 rings (SSSR count). The van der Waals surface area contributed by atoms with Crippen molar-refractivity contribution < 1.29 is 0 Å². The van der Waals surface area contributed by atoms with Crippen LogP contribution >= 0.6 is 11.6 Å². The molecule has 0 amide bonds. The Hall–Kier alpha value is -2.53. The molecule has 130 valence electrons. The quantitative estimate of drug-likeness (QED) is 0.730. The fourth-order valence-corrected chi connectivity index (χ4v) is 3.98. The maximum atomic E-state index is 8.91. The number of fused-ring (bicyclic) bond motifs is 1. The van der Waals surface area contributed by atoms with Crippen LogP contribution in [0.5, 0.6) is 0 Å². The van der Waals surface area contributed by atoms with Crippen molar-refractivity contribution in [3.63, 3.8) is 0 Å². The van der Waals surface area contributed by atoms with Crippen LogP contribution in [0, 0.1) is 23.2 Å². The summed E-state index contributed by atoms with van der Waals surface area (Å²) < 4.78 is 0. The molecule has 0 radical (unpaired) electrons. The number of nitrogens with zero attached hydrogens (tertiary/aromatic N) is 4. The van der Waals surface area contributed by atoms with Gasteiger partial charge in [-0.25, -0.2) is 4.98 Å². The second kappa shape index (κ2) is 7.38. The first-order chi connectivity index (χ1) is 12.7. The lowest BCUT2D eigenvalue weighted by molar-refractivity contribution is 0.202. The zero-order valence-corrected chi connectivity index (χ0v) is 15.2. The van der Waals surface area contributed by atoms with Crippen molar-refractivity contribution in [2.45, 2.75) is 24.9 Å². The molecule has 2 atom stereocenters. The van der Waals surface area contributed by atoms with Gasteiger partial charge in [-0.05, 0) is 43.2 Å². The molecule has 3 heterocycles. The third-order valence-corrected chi connectivity index (χ3v) is 5.35. The van der Waals surface area contributed by atoms with E-state index in [9.17, 15) is 0 Å². The molecule has 0 N–H and O–H groups in total. The van der Waals surface area contributed by atoms with Gasteiger partial charge in [0.15, 0.2) is 0 Å². The molecule has 2 fully saturated rings. The summed E-state index contributed by atoms with van der Waals surface area (Å²) in [6.45, 7) is 2.89. The molecule has 2 aromatic rings. The van der Waals surface area contributed by atoms with E-state index >= 15 is 0 Å². The predicted octanol–water partition coefficient (Wildman–Crippen LogP) is 3.31. The molecule has 4 nitrogen and oxygen atoms in total. The molecule has 2 aliphatic heterocycles. The Morgan fingerprint density at radius 3 is 2.81 bits per heavy atom. The van der Waals surface area contributed by atoms with E-state index < -0.39 is 0 Å². The van der Waals surface area contributed by atoms with Gasteiger partial charge < -0.3 is 4.90 Å². The molecule has 0 bridgehead atoms. The molecule has 2 saturated heterocycles. The second-order valence-electron chi connectivity index (χ2n) is 6.73. The first-order valence-electron chi connectivity index (χ1n) is 8.87. The summed E-state index contributed by atoms with van der Waals surface area (Å²) in [6, 6.07) is 14.4. The van der Waals surface area contributed by atoms with Crippen LogP contribution in [-0.4, -0.2) is 41.6 Å². The van der Waals surface area contributed by atoms with E-state index in [1.165, 1.54) is 0 Å². The molecular weight excluding hydrogens is 344 g/mol. The zero-order chi connectivity index (χ0) is 17.9. The van der Waals surface area contributed by atoms with Crippen molar-refractivity contribution in [3.8, 4) is 17.9 Å². The minimum absolute atomic E-state index is 0.315. The van der Waals surface area contributed by atoms with E-state index in [1.807, 2.05) is 36.4 Å². The number of hydrogen-bond acceptors (Lipinski definition) is 4. The van der Waals surface area contributed by atoms with Crippen molar-refractivity contribution in [1.82, 2.24) is 9.88 Å². The molecule has 26 heavy (non-hydrogen) atoms. The number of pyridine rings is 1. The SMILES string of the molecule is N#Cc1ccc(N2CCN3[C@@H](CC[C@H]3C#Cc3cccc(Cl)c3)C2)nc1. The van der Waals surface area contributed by atoms with Crippen LogP contribution in [0.2, 0.25) is 5.02 Å². The van der Waals surface area contributed by atoms with Crippen molar-refractivity contribution in [2.75, 3.05) is 24.5 Å². The molecule has 0 aliphatic carbocycles. The van der Waals surface area contributed by atoms with Gasteiger partial charge in [0, 0.05) is 42.5 Å². The number of anilines is 1. The van der Waals surface area contributed by atoms with E-state index in [4.69, 9.17) is 16.9 Å². The van der Waals surface area contributed by atoms with Gasteiger partial charge in [-0.2, -0.15) is 5.26 Å². The summed E-state index contributed by atoms with van der Waals surface area (Å²) in [6.07, 6.45) is 3.91. The van der Waals surface area contributed by atoms with E-state index in [-0.39, 0.29) is 0 Å². The molecule has 1 aromatic heterocycles. The highest BCUT2D eigenvalue weighted by Crippen LogP contribution is 2.29. The number of rotatable bonds is 1. The Balaban J connectivity index is 1.43. The van der Waals surface area contributed by atoms with Crippen molar-refractivity contribution in [1.29, 1.82) is 5.26 Å². The molecule has 1 aromatic carbocycles. The lowest BCUT2D eigenvalue weighted by Gasteiger charge is -2.39. The van der Waals surface area contributed by atoms with Gasteiger partial charge in [-0.1, -0.05) is 29.5 Å². The number of halogens is 1. The van der Waals surface area contributed by atoms with Crippen molar-refractivity contribution in [2.24, 2.45) is 0 Å². The van der Waals surface area contributed by atoms with Crippen LogP contribution < -0.4 is 4.90 Å². The molecule has 0 spiro atoms. The average molecular weight is 363 g/mol. The van der Waals surface area contributed by atoms with E-state index in [0.717, 1.165) is 48.9 Å². The Morgan fingerprint density at radius 1 is 1.12 bits per heavy atom. The number of nitriles is 1. The second-order valence-corrected chi connectivity index (χ2v) is 7.16. The fraction of sp³-hybridized carbons (Fsp3) is 0.333. The van der Waals surface area contributed by atoms with Gasteiger partial charge >= 0.3 is 0 Å². The van der Waals surface area contributed by atoms with Crippen LogP contribution in [0.3, 0.4) is 0 Å². The lowest BCUT2D eigenvalue weighted by atomic mass is 10.1. The topological polar surface area (TPSA) is 43.2 Å². The first kappa shape index (κ1) is 16.9. The van der Waals surface area contributed by atoms with Gasteiger partial charge in [-0.15, -0.1) is 0 Å². The molecule has 2 aliphatic rings. The Labute approximate surface area is 159 Å². The normalized spacial score (nSPS) is 22.2. The van der Waals surface area contributed by atoms with Crippen LogP contribution in [0.1, 0.15) is 24.0 Å². The summed E-state index contributed by atoms with van der Waals surface area (Å²) >= 11 is 6.04. The lowest BCUT2D eigenvalue weighted by Crippen LogP contribution is -2.52. The minimum Gasteiger partial charge on any atom is -0.354 e. The van der Waals surface area contributed by atoms with Crippen molar-refractivity contribution in [3.05, 3.63) is 58.7 Å². The maximum Gasteiger partial charge on any atom is 0.128 e. The molecule has 0 saturated carbocycles. The Kier molecular flexibility index (Phi) is 4.80. The fourth-order valence-electron chi connectivity index (χ4n) is 3.79. The number of hydrogen-bond donors (Lipinski definition) is 0. The zero-order valence-electron chi connectivity index (χ0n) is 14.4. The van der Waals surface area contributed by atoms with E-state index in [1.54, 1.807) is 6.20 Å². The highest BCUT2D eigenvalue weighted by molar-refractivity contribution is 6.30. The summed E-state index contributed by atoms with van der Waals surface area (Å²) in [7, 11) is 0. The minimum atomic E-state index is 0.315. The van der Waals surface area contributed by atoms with Crippen LogP contribution in [0.4, 0.5) is 5.82 Å². The van der Waals surface area contributed by atoms with Gasteiger partial charge in [0.1, 0.15) is 11.9 Å². The van der Waals surface area contributed by atoms with Gasteiger partial charge in [-0.3, -0.25) is 4.90 Å². The third-order valence-electron chi connectivity index (χ3n) is 5.11. The third kappa shape index (κ3) is 3.53. The summed E-state index contributed by atoms with van der Waals surface area (Å²) in [4.78, 5) is 9.28. The van der Waals surface area contributed by atoms with Crippen molar-refractivity contribution >= 4 is 17.4 Å². The summed E-state index contributed by atoms with van der Waals surface area (Å²) in [5, 5.41) is 9.64. The largest absolute Gasteiger partial charge is 0.354 e. The van der Waals surface area contributed by atoms with Crippen LogP contribution in [0.15, 0.2) is 42.6 Å². The highest BCUT2D eigenvalue weighted by Gasteiger charge is 2.36. The number of piperazine rings is 1. The first-order valence-corrected chi connectivity index (χ1v) is 9.25. The monoisotopic (exact) mass is 362 g/mol. The van der Waals surface area contributed by atoms with Gasteiger partial charge in [0.25, 0.3) is 0 Å². The molecule has 5 heteroatoms. The maximum absolute atomic E-state index is 8.91. The van der Waals surface area contributed by atoms with Gasteiger partial charge in [0.05, 0.1) is 11.6 Å². The van der Waals surface area contributed by atoms with Gasteiger partial charge in [0.2, 0.25) is 0 Å². The summed E-state index contributed by atoms with van der Waals surface area (Å²) in [5.41, 5.74) is 1.57. The number of benzene rings is 1. The number of aromatic nitrogens is 1. The average Bonchev–Trinajstić information content (AvgIpc) is 3.09. The van der Waals surface area contributed by atoms with E-state index in [2.05, 4.69) is 32.7 Å². The van der Waals surface area contributed by atoms with Crippen LogP contribution in [-0.2, 0) is 0 Å². The predicted molar refractivity (Wildman–Crippen MR) is 103 cm³/mol. The van der Waals surface area contributed by atoms with E-state index in [0.29, 0.717) is 17.6 Å². The molecule has 0 unspecified atom stereocenters. The molecular formula is C21H19ClN4. The Bertz CT molecular complexity index is 891. The Morgan fingerprint density at radius 2 is 2.04 bits per heavy atom.